The predicted molar refractivity (Wildman–Crippen MR) is 83.5 cm³/mol. The van der Waals surface area contributed by atoms with Gasteiger partial charge in [0.15, 0.2) is 0 Å². The summed E-state index contributed by atoms with van der Waals surface area (Å²) in [7, 11) is 0. The molecule has 0 heterocycles. The number of carbonyl (C=O) groups is 1. The summed E-state index contributed by atoms with van der Waals surface area (Å²) in [6.45, 7) is 4.40. The largest absolute Gasteiger partial charge is 0.345 e. The second-order valence-electron chi connectivity index (χ2n) is 4.27. The van der Waals surface area contributed by atoms with Crippen LogP contribution in [0.3, 0.4) is 0 Å². The van der Waals surface area contributed by atoms with E-state index in [0.29, 0.717) is 22.2 Å². The van der Waals surface area contributed by atoms with Crippen molar-refractivity contribution in [1.29, 1.82) is 0 Å². The molecule has 3 nitrogen and oxygen atoms in total. The third-order valence-electron chi connectivity index (χ3n) is 3.30. The standard InChI is InChI=1S/C13H18Cl2N2O.ClH/c1-3-13(4-2,8-16)17-12(18)10-6-5-9(14)7-11(10)15;/h5-7H,3-4,8,16H2,1-2H3,(H,17,18);1H. The summed E-state index contributed by atoms with van der Waals surface area (Å²) >= 11 is 11.8. The number of rotatable bonds is 5. The maximum absolute atomic E-state index is 12.2. The third-order valence-corrected chi connectivity index (χ3v) is 3.85. The molecule has 3 N–H and O–H groups in total. The number of amides is 1. The lowest BCUT2D eigenvalue weighted by Crippen LogP contribution is -2.52. The molecule has 0 atom stereocenters. The monoisotopic (exact) mass is 324 g/mol. The summed E-state index contributed by atoms with van der Waals surface area (Å²) < 4.78 is 0. The van der Waals surface area contributed by atoms with Gasteiger partial charge in [0.05, 0.1) is 16.1 Å². The van der Waals surface area contributed by atoms with Crippen molar-refractivity contribution in [3.63, 3.8) is 0 Å². The first kappa shape index (κ1) is 18.5. The summed E-state index contributed by atoms with van der Waals surface area (Å²) in [6, 6.07) is 4.82. The molecule has 1 aromatic rings. The Labute approximate surface area is 130 Å². The fourth-order valence-corrected chi connectivity index (χ4v) is 2.24. The van der Waals surface area contributed by atoms with Crippen molar-refractivity contribution in [3.8, 4) is 0 Å². The molecular weight excluding hydrogens is 307 g/mol. The Hall–Kier alpha value is -0.480. The van der Waals surface area contributed by atoms with Crippen LogP contribution in [0.25, 0.3) is 0 Å². The fraction of sp³-hybridized carbons (Fsp3) is 0.462. The van der Waals surface area contributed by atoms with Crippen LogP contribution >= 0.6 is 35.6 Å². The molecule has 19 heavy (non-hydrogen) atoms. The van der Waals surface area contributed by atoms with E-state index >= 15 is 0 Å². The highest BCUT2D eigenvalue weighted by Gasteiger charge is 2.27. The number of carbonyl (C=O) groups excluding carboxylic acids is 1. The van der Waals surface area contributed by atoms with Crippen LogP contribution in [0.2, 0.25) is 10.0 Å². The van der Waals surface area contributed by atoms with E-state index in [2.05, 4.69) is 5.32 Å². The van der Waals surface area contributed by atoms with Crippen molar-refractivity contribution in [1.82, 2.24) is 5.32 Å². The Morgan fingerprint density at radius 3 is 2.32 bits per heavy atom. The van der Waals surface area contributed by atoms with Gasteiger partial charge in [-0.3, -0.25) is 4.79 Å². The minimum absolute atomic E-state index is 0. The predicted octanol–water partition coefficient (Wildman–Crippen LogP) is 3.66. The van der Waals surface area contributed by atoms with Crippen LogP contribution < -0.4 is 11.1 Å². The van der Waals surface area contributed by atoms with Gasteiger partial charge in [0, 0.05) is 11.6 Å². The molecule has 0 saturated carbocycles. The first-order valence-electron chi connectivity index (χ1n) is 5.95. The lowest BCUT2D eigenvalue weighted by atomic mass is 9.92. The molecule has 0 aromatic heterocycles. The van der Waals surface area contributed by atoms with Gasteiger partial charge in [0.1, 0.15) is 0 Å². The van der Waals surface area contributed by atoms with Crippen molar-refractivity contribution in [2.24, 2.45) is 5.73 Å². The highest BCUT2D eigenvalue weighted by atomic mass is 35.5. The van der Waals surface area contributed by atoms with E-state index in [-0.39, 0.29) is 23.9 Å². The molecule has 1 rings (SSSR count). The van der Waals surface area contributed by atoms with Crippen molar-refractivity contribution in [2.45, 2.75) is 32.2 Å². The highest BCUT2D eigenvalue weighted by Crippen LogP contribution is 2.22. The summed E-state index contributed by atoms with van der Waals surface area (Å²) in [6.07, 6.45) is 1.55. The van der Waals surface area contributed by atoms with Gasteiger partial charge < -0.3 is 11.1 Å². The molecule has 0 radical (unpaired) electrons. The van der Waals surface area contributed by atoms with Gasteiger partial charge in [-0.25, -0.2) is 0 Å². The van der Waals surface area contributed by atoms with Crippen molar-refractivity contribution < 1.29 is 4.79 Å². The second-order valence-corrected chi connectivity index (χ2v) is 5.11. The summed E-state index contributed by atoms with van der Waals surface area (Å²) in [5.41, 5.74) is 5.79. The molecule has 1 amide bonds. The van der Waals surface area contributed by atoms with Gasteiger partial charge in [-0.15, -0.1) is 12.4 Å². The molecule has 6 heteroatoms. The van der Waals surface area contributed by atoms with Gasteiger partial charge in [-0.1, -0.05) is 37.0 Å². The molecular formula is C13H19Cl3N2O. The first-order valence-corrected chi connectivity index (χ1v) is 6.71. The molecule has 0 aliphatic heterocycles. The minimum atomic E-state index is -0.375. The van der Waals surface area contributed by atoms with E-state index in [1.807, 2.05) is 13.8 Å². The molecule has 0 aliphatic carbocycles. The van der Waals surface area contributed by atoms with Crippen molar-refractivity contribution >= 4 is 41.5 Å². The lowest BCUT2D eigenvalue weighted by Gasteiger charge is -2.31. The Balaban J connectivity index is 0.00000324. The number of benzene rings is 1. The van der Waals surface area contributed by atoms with Gasteiger partial charge >= 0.3 is 0 Å². The molecule has 0 fully saturated rings. The Kier molecular flexibility index (Phi) is 7.75. The lowest BCUT2D eigenvalue weighted by molar-refractivity contribution is 0.0895. The topological polar surface area (TPSA) is 55.1 Å². The fourth-order valence-electron chi connectivity index (χ4n) is 1.75. The Morgan fingerprint density at radius 2 is 1.89 bits per heavy atom. The molecule has 108 valence electrons. The van der Waals surface area contributed by atoms with Crippen molar-refractivity contribution in [2.75, 3.05) is 6.54 Å². The third kappa shape index (κ3) is 4.53. The smallest absolute Gasteiger partial charge is 0.253 e. The van der Waals surface area contributed by atoms with Gasteiger partial charge in [0.2, 0.25) is 0 Å². The number of nitrogens with two attached hydrogens (primary N) is 1. The van der Waals surface area contributed by atoms with Crippen LogP contribution in [0.15, 0.2) is 18.2 Å². The zero-order chi connectivity index (χ0) is 13.8. The number of hydrogen-bond acceptors (Lipinski definition) is 2. The molecule has 0 unspecified atom stereocenters. The van der Waals surface area contributed by atoms with E-state index in [4.69, 9.17) is 28.9 Å². The zero-order valence-corrected chi connectivity index (χ0v) is 13.3. The quantitative estimate of drug-likeness (QED) is 0.868. The molecule has 0 aliphatic rings. The van der Waals surface area contributed by atoms with E-state index in [9.17, 15) is 4.79 Å². The normalized spacial score (nSPS) is 10.8. The molecule has 1 aromatic carbocycles. The minimum Gasteiger partial charge on any atom is -0.345 e. The maximum atomic E-state index is 12.2. The van der Waals surface area contributed by atoms with E-state index in [1.54, 1.807) is 18.2 Å². The van der Waals surface area contributed by atoms with Crippen LogP contribution in [0.5, 0.6) is 0 Å². The van der Waals surface area contributed by atoms with Crippen LogP contribution in [0.4, 0.5) is 0 Å². The highest BCUT2D eigenvalue weighted by molar-refractivity contribution is 6.36. The average Bonchev–Trinajstić information content (AvgIpc) is 2.36. The zero-order valence-electron chi connectivity index (χ0n) is 11.0. The molecule has 0 spiro atoms. The van der Waals surface area contributed by atoms with Crippen molar-refractivity contribution in [3.05, 3.63) is 33.8 Å². The molecule has 0 saturated heterocycles. The number of hydrogen-bond donors (Lipinski definition) is 2. The van der Waals surface area contributed by atoms with E-state index in [1.165, 1.54) is 0 Å². The number of halogens is 3. The Morgan fingerprint density at radius 1 is 1.32 bits per heavy atom. The number of nitrogens with one attached hydrogen (secondary N) is 1. The Bertz CT molecular complexity index is 426. The van der Waals surface area contributed by atoms with Crippen LogP contribution in [0, 0.1) is 0 Å². The van der Waals surface area contributed by atoms with E-state index in [0.717, 1.165) is 12.8 Å². The average molecular weight is 326 g/mol. The second kappa shape index (κ2) is 7.95. The summed E-state index contributed by atoms with van der Waals surface area (Å²) in [5.74, 6) is -0.217. The molecule has 0 bridgehead atoms. The first-order chi connectivity index (χ1) is 8.48. The van der Waals surface area contributed by atoms with Crippen LogP contribution in [-0.4, -0.2) is 18.0 Å². The van der Waals surface area contributed by atoms with Gasteiger partial charge in [-0.05, 0) is 31.0 Å². The maximum Gasteiger partial charge on any atom is 0.253 e. The van der Waals surface area contributed by atoms with E-state index < -0.39 is 0 Å². The summed E-state index contributed by atoms with van der Waals surface area (Å²) in [4.78, 5) is 12.2. The van der Waals surface area contributed by atoms with Gasteiger partial charge in [-0.2, -0.15) is 0 Å². The van der Waals surface area contributed by atoms with Crippen LogP contribution in [-0.2, 0) is 0 Å². The van der Waals surface area contributed by atoms with Gasteiger partial charge in [0.25, 0.3) is 5.91 Å². The summed E-state index contributed by atoms with van der Waals surface area (Å²) in [5, 5.41) is 3.82. The van der Waals surface area contributed by atoms with Crippen LogP contribution in [0.1, 0.15) is 37.0 Å². The SMILES string of the molecule is CCC(CC)(CN)NC(=O)c1ccc(Cl)cc1Cl.Cl.